The van der Waals surface area contributed by atoms with E-state index in [0.29, 0.717) is 88.4 Å². The number of aromatic hydroxyl groups is 2. The van der Waals surface area contributed by atoms with E-state index in [9.17, 15) is 77.3 Å². The van der Waals surface area contributed by atoms with Gasteiger partial charge in [0, 0.05) is 141 Å². The van der Waals surface area contributed by atoms with Crippen molar-refractivity contribution in [3.63, 3.8) is 0 Å². The van der Waals surface area contributed by atoms with E-state index in [1.54, 1.807) is 24.3 Å². The van der Waals surface area contributed by atoms with Crippen molar-refractivity contribution < 1.29 is 77.3 Å². The molecule has 2 aromatic rings. The normalized spacial score (nSPS) is 27.6. The molecule has 5 saturated heterocycles. The van der Waals surface area contributed by atoms with Crippen molar-refractivity contribution >= 4 is 82.7 Å². The highest BCUT2D eigenvalue weighted by Crippen LogP contribution is 2.31. The summed E-state index contributed by atoms with van der Waals surface area (Å²) in [6.07, 6.45) is 6.52. The van der Waals surface area contributed by atoms with Gasteiger partial charge in [-0.3, -0.25) is 67.1 Å². The summed E-state index contributed by atoms with van der Waals surface area (Å²) in [5.74, 6) is -11.5. The number of rotatable bonds is 40. The van der Waals surface area contributed by atoms with Gasteiger partial charge in [-0.15, -0.1) is 0 Å². The van der Waals surface area contributed by atoms with Crippen molar-refractivity contribution in [3.8, 4) is 11.5 Å². The fraction of sp³-hybridized carbons (Fsp3) is 0.694. The monoisotopic (exact) mass is 1670 g/mol. The molecule has 8 aliphatic rings. The summed E-state index contributed by atoms with van der Waals surface area (Å²) in [7, 11) is 0. The quantitative estimate of drug-likeness (QED) is 0.0331. The van der Waals surface area contributed by atoms with Gasteiger partial charge >= 0.3 is 0 Å². The van der Waals surface area contributed by atoms with E-state index >= 15 is 0 Å². The SMILES string of the molecule is CC(=O)NC1CCCC1C(=O)N[C@H](CC(=O)NC1CCCC1C(=O)NC[C@H](CC(C)C)C(=O)NC1CNCC1C(=O)NC1CNCC1C(=O)N[C@H](CC(=O)NC1CCCC1C(=O)NC[C@H](Cc1ccc(O)cc1)C(=O)NC1CNCC1C(=O)NC1CNCC1C(=O)N[C@H](CC(=O)NC1CNCC1C(N)=O)C(C)C)Cc1ccc(O)cc1)CC(C)C. The topological polar surface area (TPSA) is 522 Å². The molecule has 5 heterocycles. The molecule has 0 spiro atoms. The summed E-state index contributed by atoms with van der Waals surface area (Å²) < 4.78 is 0. The molecule has 662 valence electrons. The molecular formula is C85H131N19O16. The molecule has 14 amide bonds. The summed E-state index contributed by atoms with van der Waals surface area (Å²) >= 11 is 0. The van der Waals surface area contributed by atoms with Crippen LogP contribution in [-0.4, -0.2) is 238 Å². The Morgan fingerprint density at radius 3 is 1.18 bits per heavy atom. The van der Waals surface area contributed by atoms with Gasteiger partial charge in [0.2, 0.25) is 82.7 Å². The Morgan fingerprint density at radius 1 is 0.367 bits per heavy atom. The fourth-order valence-corrected chi connectivity index (χ4v) is 18.7. The number of phenols is 2. The molecule has 35 nitrogen and oxygen atoms in total. The number of amides is 14. The molecule has 35 heteroatoms. The predicted octanol–water partition coefficient (Wildman–Crippen LogP) is -2.40. The zero-order chi connectivity index (χ0) is 86.4. The van der Waals surface area contributed by atoms with Gasteiger partial charge in [-0.2, -0.15) is 0 Å². The van der Waals surface area contributed by atoms with Crippen molar-refractivity contribution in [2.75, 3.05) is 78.5 Å². The molecule has 22 N–H and O–H groups in total. The molecule has 3 saturated carbocycles. The van der Waals surface area contributed by atoms with E-state index in [2.05, 4.69) is 95.7 Å². The second-order valence-electron chi connectivity index (χ2n) is 35.9. The average molecular weight is 1680 g/mol. The van der Waals surface area contributed by atoms with Crippen LogP contribution >= 0.6 is 0 Å². The summed E-state index contributed by atoms with van der Waals surface area (Å²) in [6.45, 7) is 15.8. The number of carbonyl (C=O) groups excluding carboxylic acids is 14. The lowest BCUT2D eigenvalue weighted by molar-refractivity contribution is -0.132. The Hall–Kier alpha value is -9.58. The minimum atomic E-state index is -0.873. The molecule has 10 rings (SSSR count). The number of hydrogen-bond acceptors (Lipinski definition) is 21. The molecule has 3 aliphatic carbocycles. The first kappa shape index (κ1) is 92.7. The maximum atomic E-state index is 14.6. The van der Waals surface area contributed by atoms with Gasteiger partial charge in [0.15, 0.2) is 0 Å². The molecule has 0 bridgehead atoms. The zero-order valence-electron chi connectivity index (χ0n) is 70.5. The highest BCUT2D eigenvalue weighted by molar-refractivity contribution is 5.90. The minimum Gasteiger partial charge on any atom is -0.508 e. The van der Waals surface area contributed by atoms with Crippen LogP contribution in [0.3, 0.4) is 0 Å². The highest BCUT2D eigenvalue weighted by atomic mass is 16.3. The minimum absolute atomic E-state index is 0.0176. The maximum absolute atomic E-state index is 14.6. The first-order valence-corrected chi connectivity index (χ1v) is 43.5. The third kappa shape index (κ3) is 26.7. The van der Waals surface area contributed by atoms with Crippen LogP contribution in [-0.2, 0) is 80.0 Å². The smallest absolute Gasteiger partial charge is 0.226 e. The summed E-state index contributed by atoms with van der Waals surface area (Å²) in [4.78, 5) is 193. The molecule has 8 fully saturated rings. The van der Waals surface area contributed by atoms with Crippen LogP contribution in [0.25, 0.3) is 0 Å². The number of nitrogens with one attached hydrogen (secondary N) is 18. The third-order valence-electron chi connectivity index (χ3n) is 25.3. The molecule has 5 aliphatic heterocycles. The van der Waals surface area contributed by atoms with E-state index in [1.807, 2.05) is 41.5 Å². The Morgan fingerprint density at radius 2 is 0.725 bits per heavy atom. The first-order valence-electron chi connectivity index (χ1n) is 43.5. The van der Waals surface area contributed by atoms with Gasteiger partial charge in [-0.25, -0.2) is 0 Å². The molecule has 0 aromatic heterocycles. The summed E-state index contributed by atoms with van der Waals surface area (Å²) in [5, 5.41) is 75.7. The number of nitrogens with two attached hydrogens (primary N) is 1. The van der Waals surface area contributed by atoms with Gasteiger partial charge in [0.1, 0.15) is 11.5 Å². The second kappa shape index (κ2) is 44.3. The van der Waals surface area contributed by atoms with Crippen LogP contribution in [0.1, 0.15) is 149 Å². The lowest BCUT2D eigenvalue weighted by Crippen LogP contribution is -2.54. The number of hydrogen-bond donors (Lipinski definition) is 21. The lowest BCUT2D eigenvalue weighted by atomic mass is 9.93. The van der Waals surface area contributed by atoms with Crippen LogP contribution in [0.15, 0.2) is 48.5 Å². The maximum Gasteiger partial charge on any atom is 0.226 e. The van der Waals surface area contributed by atoms with E-state index in [4.69, 9.17) is 5.73 Å². The number of phenolic OH excluding ortho intramolecular Hbond substituents is 2. The van der Waals surface area contributed by atoms with Gasteiger partial charge in [-0.1, -0.05) is 85.1 Å². The second-order valence-corrected chi connectivity index (χ2v) is 35.9. The number of benzene rings is 2. The average Bonchev–Trinajstić information content (AvgIpc) is 1.69. The number of primary amides is 1. The van der Waals surface area contributed by atoms with E-state index < -0.39 is 143 Å². The van der Waals surface area contributed by atoms with Crippen molar-refractivity contribution in [1.82, 2.24) is 95.7 Å². The van der Waals surface area contributed by atoms with Gasteiger partial charge in [0.05, 0.1) is 89.4 Å². The molecule has 21 atom stereocenters. The summed E-state index contributed by atoms with van der Waals surface area (Å²) in [6, 6.07) is 6.47. The molecule has 120 heavy (non-hydrogen) atoms. The van der Waals surface area contributed by atoms with Gasteiger partial charge in [0.25, 0.3) is 0 Å². The Kier molecular flexibility index (Phi) is 34.2. The largest absolute Gasteiger partial charge is 0.508 e. The molecular weight excluding hydrogens is 1540 g/mol. The van der Waals surface area contributed by atoms with Crippen molar-refractivity contribution in [2.24, 2.45) is 82.7 Å². The van der Waals surface area contributed by atoms with Crippen LogP contribution < -0.4 is 101 Å². The van der Waals surface area contributed by atoms with E-state index in [0.717, 1.165) is 6.42 Å². The Balaban J connectivity index is 0.699. The first-order chi connectivity index (χ1) is 57.3. The highest BCUT2D eigenvalue weighted by Gasteiger charge is 2.46. The zero-order valence-corrected chi connectivity index (χ0v) is 70.5. The van der Waals surface area contributed by atoms with E-state index in [1.165, 1.54) is 31.2 Å². The van der Waals surface area contributed by atoms with Crippen LogP contribution in [0.4, 0.5) is 0 Å². The van der Waals surface area contributed by atoms with Crippen molar-refractivity contribution in [3.05, 3.63) is 59.7 Å². The van der Waals surface area contributed by atoms with Crippen LogP contribution in [0, 0.1) is 76.9 Å². The predicted molar refractivity (Wildman–Crippen MR) is 444 cm³/mol. The third-order valence-corrected chi connectivity index (χ3v) is 25.3. The standard InChI is InChI=1S/C85H131N19O16/c1-44(2)25-50(32-92-79(114)56-11-8-15-65(56)97-73(108)29-52(26-45(3)4)95-81(116)58-13-10-14-64(58)94-47(7)105)77(112)101-69-40-89-36-61(69)84(119)103-71-42-88-35-60(71)82(117)96-53(28-49-19-23-55(107)24-20-49)30-74(109)98-66-16-9-12-57(66)80(115)93-33-51(27-48-17-21-54(106)22-18-48)78(113)102-70-41-90-37-62(70)85(120)104-72-43-91-38-63(72)83(118)100-67(46(5)6)31-75(110)99-68-39-87-34-59(68)76(86)111/h17-24,44-46,50-53,56-72,87-91,106-107H,8-16,25-43H2,1-7H3,(H2,86,111)(H,92,114)(H,93,115)(H,94,105)(H,95,116)(H,96,117)(H,97,108)(H,98,109)(H,99,110)(H,100,118)(H,101,112)(H,102,113)(H,103,119)(H,104,120)/t50-,51-,52-,53-,56?,57?,58?,59?,60?,61?,62?,63?,64?,65?,66?,67+,68?,69?,70?,71?,72?/m0/s1. The number of carbonyl (C=O) groups is 14. The van der Waals surface area contributed by atoms with Gasteiger partial charge in [-0.05, 0) is 117 Å². The fourth-order valence-electron chi connectivity index (χ4n) is 18.7. The van der Waals surface area contributed by atoms with Gasteiger partial charge < -0.3 is 112 Å². The molecule has 0 radical (unpaired) electrons. The van der Waals surface area contributed by atoms with E-state index in [-0.39, 0.29) is 192 Å². The molecule has 2 aromatic carbocycles. The lowest BCUT2D eigenvalue weighted by Gasteiger charge is -2.28. The Labute approximate surface area is 702 Å². The van der Waals surface area contributed by atoms with Crippen LogP contribution in [0.2, 0.25) is 0 Å². The van der Waals surface area contributed by atoms with Crippen molar-refractivity contribution in [2.45, 2.75) is 218 Å². The molecule has 16 unspecified atom stereocenters. The summed E-state index contributed by atoms with van der Waals surface area (Å²) in [5.41, 5.74) is 6.95. The Bertz CT molecular complexity index is 3910. The van der Waals surface area contributed by atoms with Crippen LogP contribution in [0.5, 0.6) is 11.5 Å². The van der Waals surface area contributed by atoms with Crippen molar-refractivity contribution in [1.29, 1.82) is 0 Å².